The highest BCUT2D eigenvalue weighted by molar-refractivity contribution is 7.10. The second kappa shape index (κ2) is 7.34. The second-order valence-corrected chi connectivity index (χ2v) is 6.66. The van der Waals surface area contributed by atoms with Gasteiger partial charge in [-0.15, -0.1) is 17.9 Å². The van der Waals surface area contributed by atoms with Crippen LogP contribution in [0, 0.1) is 0 Å². The number of nitrogens with one attached hydrogen (secondary N) is 1. The minimum atomic E-state index is -0.341. The lowest BCUT2D eigenvalue weighted by Gasteiger charge is -2.32. The van der Waals surface area contributed by atoms with Crippen LogP contribution in [0.5, 0.6) is 5.75 Å². The molecule has 1 aromatic carbocycles. The summed E-state index contributed by atoms with van der Waals surface area (Å²) in [6.07, 6.45) is 6.77. The first-order valence-electron chi connectivity index (χ1n) is 7.54. The van der Waals surface area contributed by atoms with Crippen LogP contribution in [0.25, 0.3) is 6.08 Å². The molecule has 1 heterocycles. The predicted octanol–water partition coefficient (Wildman–Crippen LogP) is 5.60. The fraction of sp³-hybridized carbons (Fsp3) is 0.200. The topological polar surface area (TPSA) is 32.3 Å². The molecule has 0 saturated heterocycles. The first-order valence-corrected chi connectivity index (χ1v) is 8.42. The Hall–Kier alpha value is -2.26. The van der Waals surface area contributed by atoms with Crippen molar-refractivity contribution < 1.29 is 5.11 Å². The van der Waals surface area contributed by atoms with Crippen LogP contribution in [-0.4, -0.2) is 12.2 Å². The van der Waals surface area contributed by atoms with Crippen LogP contribution >= 0.6 is 11.3 Å². The molecule has 1 unspecified atom stereocenters. The third kappa shape index (κ3) is 3.74. The van der Waals surface area contributed by atoms with E-state index in [1.165, 1.54) is 4.88 Å². The van der Waals surface area contributed by atoms with Gasteiger partial charge in [0.2, 0.25) is 0 Å². The smallest absolute Gasteiger partial charge is 0.116 e. The zero-order valence-corrected chi connectivity index (χ0v) is 14.5. The lowest BCUT2D eigenvalue weighted by Crippen LogP contribution is -2.24. The lowest BCUT2D eigenvalue weighted by molar-refractivity contribution is 0.471. The maximum Gasteiger partial charge on any atom is 0.116 e. The van der Waals surface area contributed by atoms with Gasteiger partial charge in [0.05, 0.1) is 0 Å². The van der Waals surface area contributed by atoms with Crippen LogP contribution in [0.2, 0.25) is 0 Å². The first kappa shape index (κ1) is 17.1. The highest BCUT2D eigenvalue weighted by Gasteiger charge is 2.30. The van der Waals surface area contributed by atoms with Gasteiger partial charge in [-0.05, 0) is 53.3 Å². The van der Waals surface area contributed by atoms with Crippen molar-refractivity contribution in [1.29, 1.82) is 0 Å². The Balaban J connectivity index is 2.44. The molecule has 0 aliphatic carbocycles. The summed E-state index contributed by atoms with van der Waals surface area (Å²) >= 11 is 1.69. The molecule has 0 radical (unpaired) electrons. The monoisotopic (exact) mass is 325 g/mol. The minimum absolute atomic E-state index is 0.254. The van der Waals surface area contributed by atoms with E-state index in [1.807, 2.05) is 25.3 Å². The van der Waals surface area contributed by atoms with Crippen molar-refractivity contribution in [3.63, 3.8) is 0 Å². The maximum absolute atomic E-state index is 9.93. The average Bonchev–Trinajstić information content (AvgIpc) is 3.06. The van der Waals surface area contributed by atoms with E-state index in [0.29, 0.717) is 0 Å². The highest BCUT2D eigenvalue weighted by Crippen LogP contribution is 2.41. The molecule has 1 atom stereocenters. The number of hydrogen-bond donors (Lipinski definition) is 2. The zero-order valence-electron chi connectivity index (χ0n) is 13.7. The molecule has 0 saturated carbocycles. The normalized spacial score (nSPS) is 13.7. The second-order valence-electron chi connectivity index (χ2n) is 5.68. The molecule has 2 nitrogen and oxygen atoms in total. The first-order chi connectivity index (χ1) is 11.0. The Bertz CT molecular complexity index is 715. The fourth-order valence-corrected chi connectivity index (χ4v) is 3.28. The number of phenols is 1. The molecular formula is C20H23NOS. The maximum atomic E-state index is 9.93. The number of hydrogen-bond acceptors (Lipinski definition) is 3. The largest absolute Gasteiger partial charge is 0.508 e. The van der Waals surface area contributed by atoms with Crippen LogP contribution in [-0.2, 0) is 5.41 Å². The van der Waals surface area contributed by atoms with E-state index in [0.717, 1.165) is 23.2 Å². The molecule has 0 amide bonds. The van der Waals surface area contributed by atoms with Gasteiger partial charge in [0.25, 0.3) is 0 Å². The molecule has 120 valence electrons. The number of rotatable bonds is 7. The molecule has 2 rings (SSSR count). The van der Waals surface area contributed by atoms with Crippen LogP contribution in [0.3, 0.4) is 0 Å². The molecule has 0 fully saturated rings. The summed E-state index contributed by atoms with van der Waals surface area (Å²) < 4.78 is 0. The minimum Gasteiger partial charge on any atom is -0.508 e. The van der Waals surface area contributed by atoms with E-state index in [1.54, 1.807) is 23.5 Å². The molecule has 0 bridgehead atoms. The highest BCUT2D eigenvalue weighted by atomic mass is 32.1. The Kier molecular flexibility index (Phi) is 5.45. The van der Waals surface area contributed by atoms with E-state index in [-0.39, 0.29) is 11.2 Å². The molecule has 0 aliphatic rings. The van der Waals surface area contributed by atoms with Crippen LogP contribution in [0.4, 0.5) is 5.69 Å². The summed E-state index contributed by atoms with van der Waals surface area (Å²) in [5.74, 6) is 0.254. The van der Waals surface area contributed by atoms with Crippen molar-refractivity contribution >= 4 is 23.1 Å². The molecule has 3 heteroatoms. The van der Waals surface area contributed by atoms with Crippen molar-refractivity contribution in [3.05, 3.63) is 77.0 Å². The Morgan fingerprint density at radius 2 is 2.17 bits per heavy atom. The standard InChI is InChI=1S/C20H23NOS/c1-5-12-20(3,15(2)8-10-17-7-6-13-23-17)18-14-16(22)9-11-19(18)21-4/h5-11,13-14,21-22H,1-2,12H2,3-4H3/b10-8+. The molecule has 0 aliphatic heterocycles. The van der Waals surface area contributed by atoms with Gasteiger partial charge in [-0.25, -0.2) is 0 Å². The van der Waals surface area contributed by atoms with Gasteiger partial charge in [-0.1, -0.05) is 31.7 Å². The van der Waals surface area contributed by atoms with Gasteiger partial charge in [-0.2, -0.15) is 0 Å². The Morgan fingerprint density at radius 3 is 2.78 bits per heavy atom. The van der Waals surface area contributed by atoms with Gasteiger partial charge < -0.3 is 10.4 Å². The van der Waals surface area contributed by atoms with E-state index in [2.05, 4.69) is 49.0 Å². The quantitative estimate of drug-likeness (QED) is 0.394. The molecular weight excluding hydrogens is 302 g/mol. The molecule has 23 heavy (non-hydrogen) atoms. The van der Waals surface area contributed by atoms with E-state index in [4.69, 9.17) is 0 Å². The van der Waals surface area contributed by atoms with E-state index < -0.39 is 0 Å². The van der Waals surface area contributed by atoms with Crippen LogP contribution < -0.4 is 5.32 Å². The van der Waals surface area contributed by atoms with Crippen molar-refractivity contribution in [2.45, 2.75) is 18.8 Å². The van der Waals surface area contributed by atoms with E-state index in [9.17, 15) is 5.11 Å². The number of anilines is 1. The summed E-state index contributed by atoms with van der Waals surface area (Å²) in [5.41, 5.74) is 2.64. The number of allylic oxidation sites excluding steroid dienone is 3. The number of aromatic hydroxyl groups is 1. The van der Waals surface area contributed by atoms with Gasteiger partial charge in [0, 0.05) is 23.0 Å². The van der Waals surface area contributed by atoms with Gasteiger partial charge in [-0.3, -0.25) is 0 Å². The third-order valence-electron chi connectivity index (χ3n) is 4.12. The Morgan fingerprint density at radius 1 is 1.39 bits per heavy atom. The summed E-state index contributed by atoms with van der Waals surface area (Å²) in [5, 5.41) is 15.2. The third-order valence-corrected chi connectivity index (χ3v) is 4.96. The average molecular weight is 325 g/mol. The van der Waals surface area contributed by atoms with Crippen molar-refractivity contribution in [2.75, 3.05) is 12.4 Å². The van der Waals surface area contributed by atoms with Crippen LogP contribution in [0.15, 0.2) is 66.6 Å². The summed E-state index contributed by atoms with van der Waals surface area (Å²) in [6.45, 7) is 10.3. The number of benzene rings is 1. The van der Waals surface area contributed by atoms with E-state index >= 15 is 0 Å². The fourth-order valence-electron chi connectivity index (χ4n) is 2.66. The predicted molar refractivity (Wildman–Crippen MR) is 102 cm³/mol. The summed E-state index contributed by atoms with van der Waals surface area (Å²) in [7, 11) is 1.88. The summed E-state index contributed by atoms with van der Waals surface area (Å²) in [4.78, 5) is 1.19. The molecule has 2 N–H and O–H groups in total. The van der Waals surface area contributed by atoms with Crippen LogP contribution in [0.1, 0.15) is 23.8 Å². The van der Waals surface area contributed by atoms with Crippen molar-refractivity contribution in [1.82, 2.24) is 0 Å². The lowest BCUT2D eigenvalue weighted by atomic mass is 9.73. The van der Waals surface area contributed by atoms with Crippen molar-refractivity contribution in [2.24, 2.45) is 0 Å². The van der Waals surface area contributed by atoms with Gasteiger partial charge in [0.1, 0.15) is 5.75 Å². The Labute approximate surface area is 142 Å². The molecule has 1 aromatic heterocycles. The van der Waals surface area contributed by atoms with Gasteiger partial charge in [0.15, 0.2) is 0 Å². The van der Waals surface area contributed by atoms with Crippen molar-refractivity contribution in [3.8, 4) is 5.75 Å². The number of phenolic OH excluding ortho intramolecular Hbond substituents is 1. The number of thiophene rings is 1. The SMILES string of the molecule is C=CCC(C)(C(=C)/C=C/c1cccs1)c1cc(O)ccc1NC. The molecule has 2 aromatic rings. The molecule has 0 spiro atoms. The zero-order chi connectivity index (χ0) is 16.9. The van der Waals surface area contributed by atoms with Gasteiger partial charge >= 0.3 is 0 Å². The summed E-state index contributed by atoms with van der Waals surface area (Å²) in [6, 6.07) is 9.49.